The predicted octanol–water partition coefficient (Wildman–Crippen LogP) is 2.65. The maximum atomic E-state index is 13.0. The second-order valence-electron chi connectivity index (χ2n) is 7.24. The number of carboxylic acids is 1. The molecule has 3 rings (SSSR count). The first kappa shape index (κ1) is 17.4. The first-order valence-electron chi connectivity index (χ1n) is 8.64. The lowest BCUT2D eigenvalue weighted by Gasteiger charge is -2.20. The van der Waals surface area contributed by atoms with E-state index in [4.69, 9.17) is 0 Å². The predicted molar refractivity (Wildman–Crippen MR) is 93.5 cm³/mol. The van der Waals surface area contributed by atoms with E-state index < -0.39 is 11.4 Å². The van der Waals surface area contributed by atoms with Crippen LogP contribution in [0.15, 0.2) is 12.3 Å². The zero-order valence-electron chi connectivity index (χ0n) is 15.1. The van der Waals surface area contributed by atoms with Crippen molar-refractivity contribution in [2.24, 2.45) is 5.41 Å². The average Bonchev–Trinajstić information content (AvgIpc) is 3.17. The summed E-state index contributed by atoms with van der Waals surface area (Å²) in [5.74, 6) is -1.01. The number of carbonyl (C=O) groups is 2. The number of fused-ring (bicyclic) bond motifs is 1. The van der Waals surface area contributed by atoms with Crippen LogP contribution in [0.1, 0.15) is 55.7 Å². The van der Waals surface area contributed by atoms with Gasteiger partial charge in [-0.1, -0.05) is 6.92 Å². The maximum Gasteiger partial charge on any atom is 0.311 e. The van der Waals surface area contributed by atoms with Crippen molar-refractivity contribution in [3.8, 4) is 0 Å². The lowest BCUT2D eigenvalue weighted by Crippen LogP contribution is -2.35. The summed E-state index contributed by atoms with van der Waals surface area (Å²) in [4.78, 5) is 30.7. The molecule has 0 aromatic carbocycles. The maximum absolute atomic E-state index is 13.0. The Hall–Kier alpha value is -2.44. The van der Waals surface area contributed by atoms with Crippen molar-refractivity contribution in [1.82, 2.24) is 19.7 Å². The molecule has 2 aromatic heterocycles. The Balaban J connectivity index is 2.00. The molecule has 1 N–H and O–H groups in total. The van der Waals surface area contributed by atoms with Gasteiger partial charge in [0.25, 0.3) is 5.91 Å². The van der Waals surface area contributed by atoms with Gasteiger partial charge in [-0.05, 0) is 39.7 Å². The van der Waals surface area contributed by atoms with Gasteiger partial charge in [0.05, 0.1) is 28.6 Å². The number of pyridine rings is 1. The Labute approximate surface area is 146 Å². The van der Waals surface area contributed by atoms with Crippen LogP contribution in [0, 0.1) is 12.3 Å². The molecule has 1 aliphatic heterocycles. The normalized spacial score (nSPS) is 21.7. The minimum atomic E-state index is -0.877. The fourth-order valence-electron chi connectivity index (χ4n) is 3.29. The van der Waals surface area contributed by atoms with E-state index in [0.717, 1.165) is 17.5 Å². The molecule has 1 aliphatic rings. The van der Waals surface area contributed by atoms with E-state index in [-0.39, 0.29) is 18.5 Å². The number of hydrogen-bond donors (Lipinski definition) is 1. The number of nitrogens with zero attached hydrogens (tertiary/aromatic N) is 4. The van der Waals surface area contributed by atoms with Gasteiger partial charge < -0.3 is 10.0 Å². The van der Waals surface area contributed by atoms with Gasteiger partial charge in [0, 0.05) is 18.8 Å². The van der Waals surface area contributed by atoms with Crippen molar-refractivity contribution in [1.29, 1.82) is 0 Å². The van der Waals surface area contributed by atoms with Gasteiger partial charge in [-0.3, -0.25) is 9.59 Å². The quantitative estimate of drug-likeness (QED) is 0.921. The Kier molecular flexibility index (Phi) is 4.26. The third-order valence-corrected chi connectivity index (χ3v) is 5.21. The van der Waals surface area contributed by atoms with Gasteiger partial charge >= 0.3 is 5.97 Å². The zero-order valence-corrected chi connectivity index (χ0v) is 15.1. The molecular weight excluding hydrogens is 320 g/mol. The number of carboxylic acid groups (broad SMARTS) is 1. The summed E-state index contributed by atoms with van der Waals surface area (Å²) in [5.41, 5.74) is 1.13. The fourth-order valence-corrected chi connectivity index (χ4v) is 3.29. The Morgan fingerprint density at radius 3 is 2.76 bits per heavy atom. The topological polar surface area (TPSA) is 88.3 Å². The monoisotopic (exact) mass is 344 g/mol. The smallest absolute Gasteiger partial charge is 0.311 e. The van der Waals surface area contributed by atoms with Crippen LogP contribution in [0.5, 0.6) is 0 Å². The summed E-state index contributed by atoms with van der Waals surface area (Å²) in [6, 6.07) is 1.96. The molecule has 7 heteroatoms. The van der Waals surface area contributed by atoms with E-state index in [1.807, 2.05) is 11.6 Å². The zero-order chi connectivity index (χ0) is 18.4. The van der Waals surface area contributed by atoms with Crippen molar-refractivity contribution in [3.63, 3.8) is 0 Å². The van der Waals surface area contributed by atoms with E-state index in [1.54, 1.807) is 24.1 Å². The lowest BCUT2D eigenvalue weighted by atomic mass is 9.90. The molecule has 2 aromatic rings. The van der Waals surface area contributed by atoms with Crippen molar-refractivity contribution >= 4 is 22.9 Å². The molecule has 2 unspecified atom stereocenters. The average molecular weight is 344 g/mol. The van der Waals surface area contributed by atoms with Gasteiger partial charge in [0.15, 0.2) is 5.65 Å². The van der Waals surface area contributed by atoms with Crippen LogP contribution in [0.25, 0.3) is 11.0 Å². The van der Waals surface area contributed by atoms with Crippen LogP contribution in [0.2, 0.25) is 0 Å². The van der Waals surface area contributed by atoms with Crippen LogP contribution in [-0.4, -0.2) is 49.7 Å². The number of aryl methyl sites for hydroxylation is 1. The number of amides is 1. The number of aliphatic carboxylic acids is 1. The van der Waals surface area contributed by atoms with Gasteiger partial charge in [0.2, 0.25) is 0 Å². The van der Waals surface area contributed by atoms with Crippen molar-refractivity contribution in [3.05, 3.63) is 23.5 Å². The van der Waals surface area contributed by atoms with Gasteiger partial charge in [-0.15, -0.1) is 0 Å². The summed E-state index contributed by atoms with van der Waals surface area (Å²) >= 11 is 0. The molecule has 1 fully saturated rings. The second-order valence-corrected chi connectivity index (χ2v) is 7.24. The van der Waals surface area contributed by atoms with Crippen molar-refractivity contribution < 1.29 is 14.7 Å². The van der Waals surface area contributed by atoms with Crippen LogP contribution in [0.3, 0.4) is 0 Å². The number of hydrogen-bond acceptors (Lipinski definition) is 4. The summed E-state index contributed by atoms with van der Waals surface area (Å²) in [6.07, 6.45) is 3.07. The first-order chi connectivity index (χ1) is 11.8. The van der Waals surface area contributed by atoms with Crippen molar-refractivity contribution in [2.45, 2.75) is 46.6 Å². The number of carbonyl (C=O) groups excluding carboxylic acids is 1. The third-order valence-electron chi connectivity index (χ3n) is 5.21. The molecule has 0 saturated carbocycles. The highest BCUT2D eigenvalue weighted by molar-refractivity contribution is 6.05. The molecule has 134 valence electrons. The van der Waals surface area contributed by atoms with Crippen LogP contribution in [0.4, 0.5) is 0 Å². The molecule has 0 bridgehead atoms. The van der Waals surface area contributed by atoms with E-state index in [1.165, 1.54) is 0 Å². The van der Waals surface area contributed by atoms with E-state index >= 15 is 0 Å². The highest BCUT2D eigenvalue weighted by atomic mass is 16.4. The van der Waals surface area contributed by atoms with E-state index in [2.05, 4.69) is 23.9 Å². The minimum Gasteiger partial charge on any atom is -0.481 e. The summed E-state index contributed by atoms with van der Waals surface area (Å²) in [6.45, 7) is 8.37. The third kappa shape index (κ3) is 2.88. The van der Waals surface area contributed by atoms with E-state index in [9.17, 15) is 14.7 Å². The summed E-state index contributed by atoms with van der Waals surface area (Å²) in [7, 11) is 0. The number of aromatic nitrogens is 3. The summed E-state index contributed by atoms with van der Waals surface area (Å²) < 4.78 is 1.85. The fraction of sp³-hybridized carbons (Fsp3) is 0.556. The molecule has 0 spiro atoms. The molecular formula is C18H24N4O3. The highest BCUT2D eigenvalue weighted by Gasteiger charge is 2.42. The van der Waals surface area contributed by atoms with Crippen molar-refractivity contribution in [2.75, 3.05) is 13.1 Å². The number of rotatable bonds is 4. The van der Waals surface area contributed by atoms with Crippen LogP contribution < -0.4 is 0 Å². The molecule has 25 heavy (non-hydrogen) atoms. The Bertz CT molecular complexity index is 844. The Morgan fingerprint density at radius 2 is 2.16 bits per heavy atom. The van der Waals surface area contributed by atoms with E-state index in [0.29, 0.717) is 24.2 Å². The van der Waals surface area contributed by atoms with Gasteiger partial charge in [-0.2, -0.15) is 5.10 Å². The SMILES string of the molecule is CCC(C)n1ncc2c(C(=O)N3CCC(C)(C(=O)O)C3)cc(C)nc21. The molecule has 7 nitrogen and oxygen atoms in total. The highest BCUT2D eigenvalue weighted by Crippen LogP contribution is 2.32. The minimum absolute atomic E-state index is 0.149. The van der Waals surface area contributed by atoms with Crippen LogP contribution in [-0.2, 0) is 4.79 Å². The molecule has 3 heterocycles. The largest absolute Gasteiger partial charge is 0.481 e. The van der Waals surface area contributed by atoms with Gasteiger partial charge in [0.1, 0.15) is 0 Å². The number of likely N-dealkylation sites (tertiary alicyclic amines) is 1. The molecule has 0 radical (unpaired) electrons. The molecule has 0 aliphatic carbocycles. The molecule has 1 saturated heterocycles. The van der Waals surface area contributed by atoms with Gasteiger partial charge in [-0.25, -0.2) is 9.67 Å². The summed E-state index contributed by atoms with van der Waals surface area (Å²) in [5, 5.41) is 14.5. The standard InChI is InChI=1S/C18H24N4O3/c1-5-12(3)22-15-14(9-19-22)13(8-11(2)20-15)16(23)21-7-6-18(4,10-21)17(24)25/h8-9,12H,5-7,10H2,1-4H3,(H,24,25). The second kappa shape index (κ2) is 6.13. The molecule has 1 amide bonds. The molecule has 2 atom stereocenters. The lowest BCUT2D eigenvalue weighted by molar-refractivity contribution is -0.147. The Morgan fingerprint density at radius 1 is 1.44 bits per heavy atom. The first-order valence-corrected chi connectivity index (χ1v) is 8.64. The van der Waals surface area contributed by atoms with Crippen LogP contribution >= 0.6 is 0 Å².